The summed E-state index contributed by atoms with van der Waals surface area (Å²) < 4.78 is 11.4. The van der Waals surface area contributed by atoms with Crippen molar-refractivity contribution in [2.24, 2.45) is 0 Å². The molecule has 1 aliphatic heterocycles. The van der Waals surface area contributed by atoms with Gasteiger partial charge in [0.2, 0.25) is 0 Å². The summed E-state index contributed by atoms with van der Waals surface area (Å²) in [6.45, 7) is 8.48. The lowest BCUT2D eigenvalue weighted by atomic mass is 10.1. The molecule has 1 fully saturated rings. The highest BCUT2D eigenvalue weighted by molar-refractivity contribution is 5.94. The van der Waals surface area contributed by atoms with Crippen LogP contribution < -0.4 is 4.74 Å². The number of carbonyl (C=O) groups excluding carboxylic acids is 1. The van der Waals surface area contributed by atoms with Gasteiger partial charge in [-0.15, -0.1) is 0 Å². The fraction of sp³-hybridized carbons (Fsp3) is 0.320. The highest BCUT2D eigenvalue weighted by Crippen LogP contribution is 2.21. The fourth-order valence-electron chi connectivity index (χ4n) is 3.73. The molecular formula is C25H28N2O3. The molecule has 1 aromatic heterocycles. The van der Waals surface area contributed by atoms with E-state index in [9.17, 15) is 4.79 Å². The molecule has 1 aliphatic rings. The second kappa shape index (κ2) is 9.18. The normalized spacial score (nSPS) is 14.7. The van der Waals surface area contributed by atoms with E-state index in [1.807, 2.05) is 54.3 Å². The maximum absolute atomic E-state index is 13.0. The van der Waals surface area contributed by atoms with Gasteiger partial charge >= 0.3 is 0 Å². The summed E-state index contributed by atoms with van der Waals surface area (Å²) in [6, 6.07) is 17.9. The minimum absolute atomic E-state index is 0.0845. The number of ether oxygens (including phenoxy) is 1. The maximum Gasteiger partial charge on any atom is 0.253 e. The zero-order chi connectivity index (χ0) is 20.9. The van der Waals surface area contributed by atoms with Crippen molar-refractivity contribution in [2.45, 2.75) is 27.0 Å². The van der Waals surface area contributed by atoms with E-state index >= 15 is 0 Å². The minimum atomic E-state index is 0.0845. The Hall–Kier alpha value is -3.05. The zero-order valence-electron chi connectivity index (χ0n) is 17.6. The van der Waals surface area contributed by atoms with Crippen LogP contribution in [0.4, 0.5) is 0 Å². The molecule has 0 saturated carbocycles. The molecule has 3 aromatic rings. The van der Waals surface area contributed by atoms with Crippen LogP contribution in [0.3, 0.4) is 0 Å². The standard InChI is InChI=1S/C25H28N2O3/c1-19-8-9-20(2)24(15-19)30-18-21-5-3-6-22(16-21)25(28)27-12-10-26(11-13-27)17-23-7-4-14-29-23/h3-9,14-16H,10-13,17-18H2,1-2H3. The molecule has 1 saturated heterocycles. The van der Waals surface area contributed by atoms with E-state index in [-0.39, 0.29) is 5.91 Å². The molecule has 30 heavy (non-hydrogen) atoms. The predicted molar refractivity (Wildman–Crippen MR) is 117 cm³/mol. The van der Waals surface area contributed by atoms with Crippen LogP contribution in [0.2, 0.25) is 0 Å². The van der Waals surface area contributed by atoms with Crippen LogP contribution in [0.5, 0.6) is 5.75 Å². The van der Waals surface area contributed by atoms with Crippen molar-refractivity contribution in [2.75, 3.05) is 26.2 Å². The van der Waals surface area contributed by atoms with Gasteiger partial charge in [-0.3, -0.25) is 9.69 Å². The molecule has 0 radical (unpaired) electrons. The third-order valence-corrected chi connectivity index (χ3v) is 5.53. The molecule has 5 nitrogen and oxygen atoms in total. The first-order valence-corrected chi connectivity index (χ1v) is 10.4. The summed E-state index contributed by atoms with van der Waals surface area (Å²) >= 11 is 0. The monoisotopic (exact) mass is 404 g/mol. The Balaban J connectivity index is 1.34. The van der Waals surface area contributed by atoms with Crippen molar-refractivity contribution < 1.29 is 13.9 Å². The largest absolute Gasteiger partial charge is 0.489 e. The summed E-state index contributed by atoms with van der Waals surface area (Å²) in [4.78, 5) is 17.2. The second-order valence-electron chi connectivity index (χ2n) is 7.91. The Morgan fingerprint density at radius 2 is 1.83 bits per heavy atom. The van der Waals surface area contributed by atoms with Gasteiger partial charge in [-0.05, 0) is 60.9 Å². The Labute approximate surface area is 177 Å². The van der Waals surface area contributed by atoms with E-state index in [2.05, 4.69) is 24.0 Å². The average Bonchev–Trinajstić information content (AvgIpc) is 3.28. The van der Waals surface area contributed by atoms with Crippen LogP contribution >= 0.6 is 0 Å². The van der Waals surface area contributed by atoms with Gasteiger partial charge in [0, 0.05) is 31.7 Å². The first kappa shape index (κ1) is 20.2. The van der Waals surface area contributed by atoms with Crippen LogP contribution in [0.1, 0.15) is 32.8 Å². The Morgan fingerprint density at radius 3 is 2.60 bits per heavy atom. The lowest BCUT2D eigenvalue weighted by molar-refractivity contribution is 0.0620. The highest BCUT2D eigenvalue weighted by Gasteiger charge is 2.22. The number of benzene rings is 2. The predicted octanol–water partition coefficient (Wildman–Crippen LogP) is 4.43. The molecule has 0 aliphatic carbocycles. The van der Waals surface area contributed by atoms with Crippen LogP contribution in [-0.4, -0.2) is 41.9 Å². The van der Waals surface area contributed by atoms with Crippen molar-refractivity contribution in [1.29, 1.82) is 0 Å². The van der Waals surface area contributed by atoms with Crippen molar-refractivity contribution in [1.82, 2.24) is 9.80 Å². The van der Waals surface area contributed by atoms with Crippen molar-refractivity contribution in [3.05, 3.63) is 88.9 Å². The summed E-state index contributed by atoms with van der Waals surface area (Å²) in [5.74, 6) is 1.94. The third-order valence-electron chi connectivity index (χ3n) is 5.53. The number of amides is 1. The van der Waals surface area contributed by atoms with E-state index in [1.165, 1.54) is 5.56 Å². The van der Waals surface area contributed by atoms with E-state index < -0.39 is 0 Å². The molecule has 1 amide bonds. The minimum Gasteiger partial charge on any atom is -0.489 e. The van der Waals surface area contributed by atoms with Gasteiger partial charge in [0.15, 0.2) is 0 Å². The smallest absolute Gasteiger partial charge is 0.253 e. The van der Waals surface area contributed by atoms with Crippen molar-refractivity contribution in [3.8, 4) is 5.75 Å². The Kier molecular flexibility index (Phi) is 6.19. The maximum atomic E-state index is 13.0. The van der Waals surface area contributed by atoms with Gasteiger partial charge in [-0.2, -0.15) is 0 Å². The van der Waals surface area contributed by atoms with E-state index in [1.54, 1.807) is 6.26 Å². The number of hydrogen-bond acceptors (Lipinski definition) is 4. The molecule has 0 atom stereocenters. The van der Waals surface area contributed by atoms with Gasteiger partial charge in [0.05, 0.1) is 12.8 Å². The van der Waals surface area contributed by atoms with Crippen LogP contribution in [0, 0.1) is 13.8 Å². The summed E-state index contributed by atoms with van der Waals surface area (Å²) in [7, 11) is 0. The molecule has 0 N–H and O–H groups in total. The van der Waals surface area contributed by atoms with Gasteiger partial charge < -0.3 is 14.1 Å². The highest BCUT2D eigenvalue weighted by atomic mass is 16.5. The quantitative estimate of drug-likeness (QED) is 0.610. The summed E-state index contributed by atoms with van der Waals surface area (Å²) in [6.07, 6.45) is 1.70. The number of rotatable bonds is 6. The molecule has 156 valence electrons. The van der Waals surface area contributed by atoms with E-state index in [0.29, 0.717) is 6.61 Å². The molecule has 4 rings (SSSR count). The molecule has 2 heterocycles. The molecule has 0 bridgehead atoms. The molecular weight excluding hydrogens is 376 g/mol. The molecule has 2 aromatic carbocycles. The number of carbonyl (C=O) groups is 1. The fourth-order valence-corrected chi connectivity index (χ4v) is 3.73. The van der Waals surface area contributed by atoms with Gasteiger partial charge in [0.25, 0.3) is 5.91 Å². The number of aryl methyl sites for hydroxylation is 2. The van der Waals surface area contributed by atoms with Crippen LogP contribution in [0.25, 0.3) is 0 Å². The van der Waals surface area contributed by atoms with Gasteiger partial charge in [0.1, 0.15) is 18.1 Å². The number of nitrogens with zero attached hydrogens (tertiary/aromatic N) is 2. The van der Waals surface area contributed by atoms with Crippen molar-refractivity contribution in [3.63, 3.8) is 0 Å². The Morgan fingerprint density at radius 1 is 1.00 bits per heavy atom. The first-order chi connectivity index (χ1) is 14.6. The number of furan rings is 1. The molecule has 5 heteroatoms. The number of hydrogen-bond donors (Lipinski definition) is 0. The molecule has 0 unspecified atom stereocenters. The van der Waals surface area contributed by atoms with E-state index in [4.69, 9.17) is 9.15 Å². The summed E-state index contributed by atoms with van der Waals surface area (Å²) in [5.41, 5.74) is 4.00. The summed E-state index contributed by atoms with van der Waals surface area (Å²) in [5, 5.41) is 0. The number of piperazine rings is 1. The Bertz CT molecular complexity index is 989. The van der Waals surface area contributed by atoms with Crippen LogP contribution in [0.15, 0.2) is 65.3 Å². The second-order valence-corrected chi connectivity index (χ2v) is 7.91. The topological polar surface area (TPSA) is 45.9 Å². The third kappa shape index (κ3) is 4.92. The first-order valence-electron chi connectivity index (χ1n) is 10.4. The van der Waals surface area contributed by atoms with Gasteiger partial charge in [-0.1, -0.05) is 24.3 Å². The zero-order valence-corrected chi connectivity index (χ0v) is 17.6. The SMILES string of the molecule is Cc1ccc(C)c(OCc2cccc(C(=O)N3CCN(Cc4ccco4)CC3)c2)c1. The molecule has 0 spiro atoms. The average molecular weight is 405 g/mol. The van der Waals surface area contributed by atoms with Gasteiger partial charge in [-0.25, -0.2) is 0 Å². The lowest BCUT2D eigenvalue weighted by Gasteiger charge is -2.34. The van der Waals surface area contributed by atoms with Crippen molar-refractivity contribution >= 4 is 5.91 Å². The van der Waals surface area contributed by atoms with E-state index in [0.717, 1.165) is 60.9 Å². The lowest BCUT2D eigenvalue weighted by Crippen LogP contribution is -2.48. The van der Waals surface area contributed by atoms with Crippen LogP contribution in [-0.2, 0) is 13.2 Å².